The van der Waals surface area contributed by atoms with Crippen LogP contribution in [0.1, 0.15) is 48.5 Å². The molecule has 5 N–H and O–H groups in total. The van der Waals surface area contributed by atoms with Gasteiger partial charge < -0.3 is 20.9 Å². The fourth-order valence-corrected chi connectivity index (χ4v) is 2.00. The number of unbranched alkanes of at least 4 members (excludes halogenated alkanes) is 2. The van der Waals surface area contributed by atoms with Crippen molar-refractivity contribution in [2.45, 2.75) is 39.2 Å². The van der Waals surface area contributed by atoms with Crippen molar-refractivity contribution in [3.63, 3.8) is 0 Å². The summed E-state index contributed by atoms with van der Waals surface area (Å²) in [6.45, 7) is 3.18. The molecule has 0 radical (unpaired) electrons. The summed E-state index contributed by atoms with van der Waals surface area (Å²) in [4.78, 5) is 23.2. The van der Waals surface area contributed by atoms with E-state index >= 15 is 0 Å². The topological polar surface area (TPSA) is 103 Å². The van der Waals surface area contributed by atoms with Gasteiger partial charge in [0.1, 0.15) is 11.3 Å². The predicted molar refractivity (Wildman–Crippen MR) is 82.1 cm³/mol. The molecule has 0 saturated carbocycles. The van der Waals surface area contributed by atoms with E-state index in [0.29, 0.717) is 13.0 Å². The number of rotatable bonds is 9. The number of hydrogen-bond donors (Lipinski definition) is 3. The number of phenols is 1. The SMILES string of the molecule is CCOC(=O)c1ccc(CNC(=O)CCCCC[NH3+])cc1O. The van der Waals surface area contributed by atoms with Crippen LogP contribution in [0.5, 0.6) is 5.75 Å². The Morgan fingerprint density at radius 2 is 2.05 bits per heavy atom. The van der Waals surface area contributed by atoms with Crippen molar-refractivity contribution in [3.8, 4) is 5.75 Å². The molecule has 0 fully saturated rings. The molecule has 1 rings (SSSR count). The van der Waals surface area contributed by atoms with E-state index in [4.69, 9.17) is 4.74 Å². The Morgan fingerprint density at radius 1 is 1.27 bits per heavy atom. The molecule has 0 aromatic heterocycles. The average molecular weight is 309 g/mol. The van der Waals surface area contributed by atoms with Crippen molar-refractivity contribution in [2.75, 3.05) is 13.2 Å². The number of hydrogen-bond acceptors (Lipinski definition) is 4. The van der Waals surface area contributed by atoms with Gasteiger partial charge in [0, 0.05) is 13.0 Å². The molecule has 0 spiro atoms. The van der Waals surface area contributed by atoms with Crippen LogP contribution >= 0.6 is 0 Å². The van der Waals surface area contributed by atoms with E-state index in [9.17, 15) is 14.7 Å². The number of amides is 1. The highest BCUT2D eigenvalue weighted by molar-refractivity contribution is 5.92. The standard InChI is InChI=1S/C16H24N2O4/c1-2-22-16(21)13-8-7-12(10-14(13)19)11-18-15(20)6-4-3-5-9-17/h7-8,10,19H,2-6,9,11,17H2,1H3,(H,18,20)/p+1. The Labute approximate surface area is 130 Å². The third-order valence-corrected chi connectivity index (χ3v) is 3.20. The van der Waals surface area contributed by atoms with Gasteiger partial charge in [0.15, 0.2) is 0 Å². The Morgan fingerprint density at radius 3 is 2.68 bits per heavy atom. The van der Waals surface area contributed by atoms with Crippen LogP contribution in [0.4, 0.5) is 0 Å². The van der Waals surface area contributed by atoms with E-state index in [1.54, 1.807) is 13.0 Å². The van der Waals surface area contributed by atoms with Crippen LogP contribution in [0.15, 0.2) is 18.2 Å². The molecule has 0 saturated heterocycles. The first-order chi connectivity index (χ1) is 10.6. The lowest BCUT2D eigenvalue weighted by Gasteiger charge is -2.08. The molecule has 0 aliphatic heterocycles. The Hall–Kier alpha value is -2.08. The number of benzene rings is 1. The first-order valence-electron chi connectivity index (χ1n) is 7.63. The minimum atomic E-state index is -0.555. The van der Waals surface area contributed by atoms with Gasteiger partial charge in [-0.3, -0.25) is 4.79 Å². The molecule has 0 bridgehead atoms. The quantitative estimate of drug-likeness (QED) is 0.467. The van der Waals surface area contributed by atoms with E-state index in [-0.39, 0.29) is 23.8 Å². The predicted octanol–water partition coefficient (Wildman–Crippen LogP) is 0.987. The first-order valence-corrected chi connectivity index (χ1v) is 7.63. The minimum Gasteiger partial charge on any atom is -0.507 e. The fourth-order valence-electron chi connectivity index (χ4n) is 2.00. The smallest absolute Gasteiger partial charge is 0.341 e. The average Bonchev–Trinajstić information content (AvgIpc) is 2.50. The van der Waals surface area contributed by atoms with Gasteiger partial charge >= 0.3 is 5.97 Å². The van der Waals surface area contributed by atoms with E-state index in [2.05, 4.69) is 11.1 Å². The molecule has 6 heteroatoms. The number of nitrogens with one attached hydrogen (secondary N) is 1. The van der Waals surface area contributed by atoms with Gasteiger partial charge in [-0.2, -0.15) is 0 Å². The van der Waals surface area contributed by atoms with E-state index < -0.39 is 5.97 Å². The summed E-state index contributed by atoms with van der Waals surface area (Å²) in [5.41, 5.74) is 4.62. The van der Waals surface area contributed by atoms with Crippen LogP contribution in [0.25, 0.3) is 0 Å². The maximum absolute atomic E-state index is 11.7. The molecule has 0 atom stereocenters. The molecule has 22 heavy (non-hydrogen) atoms. The molecular formula is C16H25N2O4+. The zero-order chi connectivity index (χ0) is 16.4. The van der Waals surface area contributed by atoms with Gasteiger partial charge in [-0.15, -0.1) is 0 Å². The number of quaternary nitrogens is 1. The van der Waals surface area contributed by atoms with Crippen molar-refractivity contribution in [1.82, 2.24) is 5.32 Å². The maximum Gasteiger partial charge on any atom is 0.341 e. The van der Waals surface area contributed by atoms with Crippen molar-refractivity contribution in [1.29, 1.82) is 0 Å². The van der Waals surface area contributed by atoms with Gasteiger partial charge in [-0.25, -0.2) is 4.79 Å². The van der Waals surface area contributed by atoms with E-state index in [1.165, 1.54) is 12.1 Å². The largest absolute Gasteiger partial charge is 0.507 e. The summed E-state index contributed by atoms with van der Waals surface area (Å²) < 4.78 is 4.84. The number of aromatic hydroxyl groups is 1. The molecule has 6 nitrogen and oxygen atoms in total. The van der Waals surface area contributed by atoms with Crippen LogP contribution in [-0.2, 0) is 16.1 Å². The molecule has 0 heterocycles. The maximum atomic E-state index is 11.7. The summed E-state index contributed by atoms with van der Waals surface area (Å²) >= 11 is 0. The normalized spacial score (nSPS) is 10.3. The fraction of sp³-hybridized carbons (Fsp3) is 0.500. The van der Waals surface area contributed by atoms with E-state index in [0.717, 1.165) is 31.4 Å². The lowest BCUT2D eigenvalue weighted by Crippen LogP contribution is -2.50. The van der Waals surface area contributed by atoms with Crippen molar-refractivity contribution in [2.24, 2.45) is 0 Å². The van der Waals surface area contributed by atoms with Crippen LogP contribution in [0.3, 0.4) is 0 Å². The Bertz CT molecular complexity index is 503. The zero-order valence-corrected chi connectivity index (χ0v) is 13.1. The highest BCUT2D eigenvalue weighted by atomic mass is 16.5. The van der Waals surface area contributed by atoms with Crippen LogP contribution in [0, 0.1) is 0 Å². The number of carbonyl (C=O) groups excluding carboxylic acids is 2. The third kappa shape index (κ3) is 6.13. The highest BCUT2D eigenvalue weighted by Gasteiger charge is 2.12. The van der Waals surface area contributed by atoms with Crippen molar-refractivity contribution in [3.05, 3.63) is 29.3 Å². The third-order valence-electron chi connectivity index (χ3n) is 3.20. The van der Waals surface area contributed by atoms with E-state index in [1.807, 2.05) is 0 Å². The Kier molecular flexibility index (Phi) is 7.99. The molecule has 1 amide bonds. The monoisotopic (exact) mass is 309 g/mol. The number of phenolic OH excluding ortho intramolecular Hbond substituents is 1. The number of ether oxygens (including phenoxy) is 1. The van der Waals surface area contributed by atoms with Gasteiger partial charge in [-0.1, -0.05) is 6.07 Å². The minimum absolute atomic E-state index is 0.0157. The van der Waals surface area contributed by atoms with Gasteiger partial charge in [0.05, 0.1) is 13.2 Å². The molecule has 0 aliphatic rings. The summed E-state index contributed by atoms with van der Waals surface area (Å²) in [6, 6.07) is 4.66. The zero-order valence-electron chi connectivity index (χ0n) is 13.1. The second-order valence-corrected chi connectivity index (χ2v) is 5.01. The summed E-state index contributed by atoms with van der Waals surface area (Å²) in [5.74, 6) is -0.709. The molecule has 122 valence electrons. The lowest BCUT2D eigenvalue weighted by atomic mass is 10.1. The summed E-state index contributed by atoms with van der Waals surface area (Å²) in [7, 11) is 0. The summed E-state index contributed by atoms with van der Waals surface area (Å²) in [6.07, 6.45) is 3.39. The molecule has 0 unspecified atom stereocenters. The molecule has 0 aliphatic carbocycles. The molecular weight excluding hydrogens is 284 g/mol. The first kappa shape index (κ1) is 18.0. The summed E-state index contributed by atoms with van der Waals surface area (Å²) in [5, 5.41) is 12.6. The second kappa shape index (κ2) is 9.78. The Balaban J connectivity index is 2.45. The second-order valence-electron chi connectivity index (χ2n) is 5.01. The highest BCUT2D eigenvalue weighted by Crippen LogP contribution is 2.19. The van der Waals surface area contributed by atoms with Gasteiger partial charge in [0.25, 0.3) is 0 Å². The van der Waals surface area contributed by atoms with Gasteiger partial charge in [0.2, 0.25) is 5.91 Å². The van der Waals surface area contributed by atoms with Gasteiger partial charge in [-0.05, 0) is 43.9 Å². The van der Waals surface area contributed by atoms with Crippen LogP contribution in [-0.4, -0.2) is 30.1 Å². The number of carbonyl (C=O) groups is 2. The lowest BCUT2D eigenvalue weighted by molar-refractivity contribution is -0.368. The van der Waals surface area contributed by atoms with Crippen LogP contribution in [0.2, 0.25) is 0 Å². The van der Waals surface area contributed by atoms with Crippen molar-refractivity contribution >= 4 is 11.9 Å². The number of esters is 1. The van der Waals surface area contributed by atoms with Crippen molar-refractivity contribution < 1.29 is 25.2 Å². The van der Waals surface area contributed by atoms with Crippen LogP contribution < -0.4 is 11.1 Å². The molecule has 1 aromatic rings. The molecule has 1 aromatic carbocycles.